The Morgan fingerprint density at radius 3 is 0.683 bits per heavy atom. The van der Waals surface area contributed by atoms with Gasteiger partial charge in [0.25, 0.3) is 0 Å². The summed E-state index contributed by atoms with van der Waals surface area (Å²) in [5.41, 5.74) is 0. The molecule has 0 saturated carbocycles. The average Bonchev–Trinajstić information content (AvgIpc) is 2.98. The molecule has 0 aliphatic carbocycles. The summed E-state index contributed by atoms with van der Waals surface area (Å²) in [4.78, 5) is 0. The van der Waals surface area contributed by atoms with Crippen LogP contribution in [-0.4, -0.2) is 12.2 Å². The van der Waals surface area contributed by atoms with Gasteiger partial charge in [0.2, 0.25) is 0 Å². The van der Waals surface area contributed by atoms with Crippen molar-refractivity contribution >= 4 is 0 Å². The lowest BCUT2D eigenvalue weighted by atomic mass is 10.0. The van der Waals surface area contributed by atoms with Crippen LogP contribution in [-0.2, 0) is 4.74 Å². The van der Waals surface area contributed by atoms with E-state index in [9.17, 15) is 0 Å². The Balaban J connectivity index is 3.96. The molecule has 0 radical (unpaired) electrons. The van der Waals surface area contributed by atoms with Crippen LogP contribution in [0.15, 0.2) is 0 Å². The third-order valence-electron chi connectivity index (χ3n) is 9.40. The maximum absolute atomic E-state index is 6.87. The van der Waals surface area contributed by atoms with E-state index < -0.39 is 0 Å². The monoisotopic (exact) mass is 579 g/mol. The van der Waals surface area contributed by atoms with Gasteiger partial charge in [-0.3, -0.25) is 0 Å². The molecule has 0 aliphatic rings. The van der Waals surface area contributed by atoms with Gasteiger partial charge in [-0.15, -0.1) is 0 Å². The normalized spacial score (nSPS) is 13.2. The van der Waals surface area contributed by atoms with Crippen LogP contribution in [0, 0.1) is 0 Å². The van der Waals surface area contributed by atoms with Gasteiger partial charge >= 0.3 is 0 Å². The second kappa shape index (κ2) is 36.2. The first-order chi connectivity index (χ1) is 20.3. The van der Waals surface area contributed by atoms with Crippen LogP contribution in [0.4, 0.5) is 0 Å². The minimum Gasteiger partial charge on any atom is -0.375 e. The maximum atomic E-state index is 6.87. The molecule has 0 aromatic rings. The van der Waals surface area contributed by atoms with E-state index >= 15 is 0 Å². The zero-order chi connectivity index (χ0) is 29.9. The summed E-state index contributed by atoms with van der Waals surface area (Å²) in [6, 6.07) is 0. The third-order valence-corrected chi connectivity index (χ3v) is 9.40. The van der Waals surface area contributed by atoms with E-state index in [2.05, 4.69) is 27.7 Å². The molecule has 1 nitrogen and oxygen atoms in total. The molecule has 0 amide bonds. The Kier molecular flexibility index (Phi) is 36.1. The maximum Gasteiger partial charge on any atom is 0.0578 e. The molecule has 0 spiro atoms. The van der Waals surface area contributed by atoms with Crippen molar-refractivity contribution in [3.05, 3.63) is 0 Å². The number of hydrogen-bond acceptors (Lipinski definition) is 1. The van der Waals surface area contributed by atoms with Crippen LogP contribution in [0.2, 0.25) is 0 Å². The SMILES string of the molecule is CCCCCCCCCCCCCCCC(CCCC)OC(CCCC)CCCCCCCCCCCCCCC. The predicted octanol–water partition coefficient (Wildman–Crippen LogP) is 15.1. The molecule has 2 unspecified atom stereocenters. The van der Waals surface area contributed by atoms with E-state index in [1.807, 2.05) is 0 Å². The quantitative estimate of drug-likeness (QED) is 0.0672. The molecule has 0 saturated heterocycles. The topological polar surface area (TPSA) is 9.23 Å². The van der Waals surface area contributed by atoms with Crippen molar-refractivity contribution in [3.8, 4) is 0 Å². The summed E-state index contributed by atoms with van der Waals surface area (Å²) in [6.45, 7) is 9.29. The Hall–Kier alpha value is -0.0400. The second-order valence-electron chi connectivity index (χ2n) is 13.7. The fourth-order valence-electron chi connectivity index (χ4n) is 6.48. The highest BCUT2D eigenvalue weighted by Crippen LogP contribution is 2.22. The van der Waals surface area contributed by atoms with E-state index in [1.165, 1.54) is 218 Å². The standard InChI is InChI=1S/C40H82O/c1-5-9-13-15-17-19-21-23-25-27-29-31-33-37-39(35-11-7-3)41-40(36-12-8-4)38-34-32-30-28-26-24-22-20-18-16-14-10-6-2/h39-40H,5-38H2,1-4H3. The molecule has 0 heterocycles. The first-order valence-corrected chi connectivity index (χ1v) is 19.9. The Morgan fingerprint density at radius 1 is 0.244 bits per heavy atom. The number of unbranched alkanes of at least 4 members (excludes halogenated alkanes) is 26. The van der Waals surface area contributed by atoms with Crippen LogP contribution < -0.4 is 0 Å². The Labute approximate surface area is 262 Å². The van der Waals surface area contributed by atoms with E-state index in [4.69, 9.17) is 4.74 Å². The first kappa shape index (κ1) is 41.0. The predicted molar refractivity (Wildman–Crippen MR) is 188 cm³/mol. The lowest BCUT2D eigenvalue weighted by molar-refractivity contribution is -0.0321. The van der Waals surface area contributed by atoms with E-state index in [-0.39, 0.29) is 0 Å². The van der Waals surface area contributed by atoms with Crippen LogP contribution in [0.25, 0.3) is 0 Å². The summed E-state index contributed by atoms with van der Waals surface area (Å²) in [6.07, 6.45) is 49.0. The summed E-state index contributed by atoms with van der Waals surface area (Å²) in [7, 11) is 0. The van der Waals surface area contributed by atoms with Crippen molar-refractivity contribution < 1.29 is 4.74 Å². The molecular weight excluding hydrogens is 496 g/mol. The smallest absolute Gasteiger partial charge is 0.0578 e. The molecule has 0 bridgehead atoms. The molecule has 248 valence electrons. The molecule has 0 N–H and O–H groups in total. The third kappa shape index (κ3) is 32.7. The van der Waals surface area contributed by atoms with Gasteiger partial charge in [0.1, 0.15) is 0 Å². The van der Waals surface area contributed by atoms with Crippen LogP contribution >= 0.6 is 0 Å². The van der Waals surface area contributed by atoms with Gasteiger partial charge in [0, 0.05) is 0 Å². The summed E-state index contributed by atoms with van der Waals surface area (Å²) < 4.78 is 6.87. The zero-order valence-corrected chi connectivity index (χ0v) is 29.6. The van der Waals surface area contributed by atoms with E-state index in [0.717, 1.165) is 0 Å². The average molecular weight is 579 g/mol. The number of ether oxygens (including phenoxy) is 1. The Bertz CT molecular complexity index is 406. The minimum absolute atomic E-state index is 0.520. The van der Waals surface area contributed by atoms with Gasteiger partial charge in [-0.05, 0) is 25.7 Å². The highest BCUT2D eigenvalue weighted by molar-refractivity contribution is 4.66. The molecular formula is C40H82O. The zero-order valence-electron chi connectivity index (χ0n) is 29.6. The van der Waals surface area contributed by atoms with Crippen molar-refractivity contribution in [2.75, 3.05) is 0 Å². The van der Waals surface area contributed by atoms with Crippen LogP contribution in [0.1, 0.15) is 246 Å². The molecule has 41 heavy (non-hydrogen) atoms. The summed E-state index contributed by atoms with van der Waals surface area (Å²) in [5.74, 6) is 0. The van der Waals surface area contributed by atoms with E-state index in [1.54, 1.807) is 0 Å². The Morgan fingerprint density at radius 2 is 0.439 bits per heavy atom. The molecule has 0 aromatic heterocycles. The molecule has 1 heteroatoms. The van der Waals surface area contributed by atoms with Crippen molar-refractivity contribution in [1.29, 1.82) is 0 Å². The van der Waals surface area contributed by atoms with E-state index in [0.29, 0.717) is 12.2 Å². The van der Waals surface area contributed by atoms with Gasteiger partial charge in [-0.2, -0.15) is 0 Å². The van der Waals surface area contributed by atoms with Crippen molar-refractivity contribution in [2.24, 2.45) is 0 Å². The first-order valence-electron chi connectivity index (χ1n) is 19.9. The van der Waals surface area contributed by atoms with Crippen LogP contribution in [0.5, 0.6) is 0 Å². The highest BCUT2D eigenvalue weighted by Gasteiger charge is 2.16. The molecule has 0 fully saturated rings. The van der Waals surface area contributed by atoms with Gasteiger partial charge in [0.15, 0.2) is 0 Å². The van der Waals surface area contributed by atoms with Gasteiger partial charge < -0.3 is 4.74 Å². The number of rotatable bonds is 36. The lowest BCUT2D eigenvalue weighted by Gasteiger charge is -2.25. The fourth-order valence-corrected chi connectivity index (χ4v) is 6.48. The second-order valence-corrected chi connectivity index (χ2v) is 13.7. The minimum atomic E-state index is 0.520. The van der Waals surface area contributed by atoms with Crippen molar-refractivity contribution in [2.45, 2.75) is 258 Å². The van der Waals surface area contributed by atoms with Gasteiger partial charge in [-0.25, -0.2) is 0 Å². The number of hydrogen-bond donors (Lipinski definition) is 0. The summed E-state index contributed by atoms with van der Waals surface area (Å²) in [5, 5.41) is 0. The molecule has 0 aromatic carbocycles. The van der Waals surface area contributed by atoms with Gasteiger partial charge in [0.05, 0.1) is 12.2 Å². The van der Waals surface area contributed by atoms with Gasteiger partial charge in [-0.1, -0.05) is 220 Å². The molecule has 0 aliphatic heterocycles. The van der Waals surface area contributed by atoms with Crippen LogP contribution in [0.3, 0.4) is 0 Å². The van der Waals surface area contributed by atoms with Crippen molar-refractivity contribution in [1.82, 2.24) is 0 Å². The lowest BCUT2D eigenvalue weighted by Crippen LogP contribution is -2.23. The molecule has 2 atom stereocenters. The highest BCUT2D eigenvalue weighted by atomic mass is 16.5. The fraction of sp³-hybridized carbons (Fsp3) is 1.00. The largest absolute Gasteiger partial charge is 0.375 e. The van der Waals surface area contributed by atoms with Crippen molar-refractivity contribution in [3.63, 3.8) is 0 Å². The summed E-state index contributed by atoms with van der Waals surface area (Å²) >= 11 is 0. The molecule has 0 rings (SSSR count).